The average molecular weight is 279 g/mol. The number of nitrogens with zero attached hydrogens (tertiary/aromatic N) is 1. The van der Waals surface area contributed by atoms with Gasteiger partial charge in [-0.05, 0) is 31.0 Å². The van der Waals surface area contributed by atoms with Crippen molar-refractivity contribution in [1.29, 1.82) is 0 Å². The SMILES string of the molecule is COc1ccc(O)c(C(C)N2C[C@@H](C)[C@H](C(=O)O)C2)c1. The maximum Gasteiger partial charge on any atom is 0.308 e. The molecule has 5 nitrogen and oxygen atoms in total. The molecule has 0 radical (unpaired) electrons. The fraction of sp³-hybridized carbons (Fsp3) is 0.533. The molecule has 1 unspecified atom stereocenters. The molecule has 0 amide bonds. The molecular formula is C15H21NO4. The van der Waals surface area contributed by atoms with Gasteiger partial charge in [-0.3, -0.25) is 9.69 Å². The van der Waals surface area contributed by atoms with Crippen LogP contribution in [0.3, 0.4) is 0 Å². The summed E-state index contributed by atoms with van der Waals surface area (Å²) in [5.41, 5.74) is 0.766. The normalized spacial score (nSPS) is 24.6. The van der Waals surface area contributed by atoms with Crippen LogP contribution < -0.4 is 4.74 Å². The molecule has 20 heavy (non-hydrogen) atoms. The van der Waals surface area contributed by atoms with Gasteiger partial charge in [-0.1, -0.05) is 6.92 Å². The van der Waals surface area contributed by atoms with Crippen molar-refractivity contribution in [1.82, 2.24) is 4.90 Å². The Hall–Kier alpha value is -1.75. The Balaban J connectivity index is 2.20. The van der Waals surface area contributed by atoms with E-state index in [1.807, 2.05) is 13.8 Å². The third-order valence-electron chi connectivity index (χ3n) is 4.19. The summed E-state index contributed by atoms with van der Waals surface area (Å²) >= 11 is 0. The zero-order chi connectivity index (χ0) is 14.9. The number of carboxylic acids is 1. The number of hydrogen-bond donors (Lipinski definition) is 2. The first-order chi connectivity index (χ1) is 9.43. The molecule has 1 aliphatic rings. The van der Waals surface area contributed by atoms with Crippen LogP contribution in [-0.4, -0.2) is 41.3 Å². The highest BCUT2D eigenvalue weighted by molar-refractivity contribution is 5.71. The third kappa shape index (κ3) is 2.72. The Labute approximate surface area is 118 Å². The van der Waals surface area contributed by atoms with Crippen molar-refractivity contribution in [3.63, 3.8) is 0 Å². The van der Waals surface area contributed by atoms with E-state index in [0.29, 0.717) is 12.3 Å². The van der Waals surface area contributed by atoms with Crippen LogP contribution in [0, 0.1) is 11.8 Å². The van der Waals surface area contributed by atoms with Crippen LogP contribution in [0.15, 0.2) is 18.2 Å². The first kappa shape index (κ1) is 14.7. The van der Waals surface area contributed by atoms with Gasteiger partial charge in [0.2, 0.25) is 0 Å². The lowest BCUT2D eigenvalue weighted by Gasteiger charge is -2.25. The van der Waals surface area contributed by atoms with E-state index in [4.69, 9.17) is 4.74 Å². The molecule has 0 aromatic heterocycles. The first-order valence-corrected chi connectivity index (χ1v) is 6.77. The molecule has 0 spiro atoms. The summed E-state index contributed by atoms with van der Waals surface area (Å²) in [6.07, 6.45) is 0. The van der Waals surface area contributed by atoms with Gasteiger partial charge in [0, 0.05) is 24.7 Å². The predicted octanol–water partition coefficient (Wildman–Crippen LogP) is 2.11. The minimum absolute atomic E-state index is 0.0445. The molecule has 5 heteroatoms. The van der Waals surface area contributed by atoms with E-state index in [1.54, 1.807) is 25.3 Å². The van der Waals surface area contributed by atoms with E-state index in [9.17, 15) is 15.0 Å². The van der Waals surface area contributed by atoms with Gasteiger partial charge in [0.1, 0.15) is 11.5 Å². The highest BCUT2D eigenvalue weighted by Crippen LogP contribution is 2.36. The summed E-state index contributed by atoms with van der Waals surface area (Å²) in [5, 5.41) is 19.2. The van der Waals surface area contributed by atoms with Gasteiger partial charge >= 0.3 is 5.97 Å². The highest BCUT2D eigenvalue weighted by atomic mass is 16.5. The summed E-state index contributed by atoms with van der Waals surface area (Å²) in [7, 11) is 1.58. The predicted molar refractivity (Wildman–Crippen MR) is 74.9 cm³/mol. The smallest absolute Gasteiger partial charge is 0.308 e. The zero-order valence-corrected chi connectivity index (χ0v) is 12.0. The third-order valence-corrected chi connectivity index (χ3v) is 4.19. The number of ether oxygens (including phenoxy) is 1. The number of aliphatic carboxylic acids is 1. The van der Waals surface area contributed by atoms with E-state index >= 15 is 0 Å². The van der Waals surface area contributed by atoms with Crippen LogP contribution in [-0.2, 0) is 4.79 Å². The minimum atomic E-state index is -0.748. The lowest BCUT2D eigenvalue weighted by atomic mass is 9.99. The number of rotatable bonds is 4. The molecule has 0 saturated carbocycles. The maximum atomic E-state index is 11.2. The van der Waals surface area contributed by atoms with Crippen molar-refractivity contribution in [2.45, 2.75) is 19.9 Å². The fourth-order valence-electron chi connectivity index (χ4n) is 2.83. The Morgan fingerprint density at radius 2 is 2.15 bits per heavy atom. The van der Waals surface area contributed by atoms with Crippen molar-refractivity contribution in [3.05, 3.63) is 23.8 Å². The second-order valence-electron chi connectivity index (χ2n) is 5.48. The first-order valence-electron chi connectivity index (χ1n) is 6.77. The van der Waals surface area contributed by atoms with E-state index < -0.39 is 5.97 Å². The molecule has 2 N–H and O–H groups in total. The number of phenols is 1. The number of aromatic hydroxyl groups is 1. The van der Waals surface area contributed by atoms with Gasteiger partial charge in [-0.15, -0.1) is 0 Å². The van der Waals surface area contributed by atoms with Crippen molar-refractivity contribution in [2.24, 2.45) is 11.8 Å². The lowest BCUT2D eigenvalue weighted by Crippen LogP contribution is -2.26. The molecule has 1 aliphatic heterocycles. The van der Waals surface area contributed by atoms with Crippen molar-refractivity contribution in [3.8, 4) is 11.5 Å². The van der Waals surface area contributed by atoms with E-state index in [-0.39, 0.29) is 23.6 Å². The second kappa shape index (κ2) is 5.71. The van der Waals surface area contributed by atoms with Crippen LogP contribution in [0.5, 0.6) is 11.5 Å². The Bertz CT molecular complexity index is 503. The Morgan fingerprint density at radius 3 is 2.70 bits per heavy atom. The van der Waals surface area contributed by atoms with Crippen LogP contribution in [0.25, 0.3) is 0 Å². The van der Waals surface area contributed by atoms with Crippen molar-refractivity contribution in [2.75, 3.05) is 20.2 Å². The summed E-state index contributed by atoms with van der Waals surface area (Å²) in [5.74, 6) is -0.0774. The number of phenolic OH excluding ortho intramolecular Hbond substituents is 1. The van der Waals surface area contributed by atoms with Gasteiger partial charge in [0.25, 0.3) is 0 Å². The topological polar surface area (TPSA) is 70.0 Å². The molecule has 1 aromatic carbocycles. The Kier molecular flexibility index (Phi) is 4.18. The molecule has 110 valence electrons. The molecule has 1 aromatic rings. The van der Waals surface area contributed by atoms with Gasteiger partial charge in [0.15, 0.2) is 0 Å². The summed E-state index contributed by atoms with van der Waals surface area (Å²) in [4.78, 5) is 13.3. The molecule has 1 fully saturated rings. The summed E-state index contributed by atoms with van der Waals surface area (Å²) < 4.78 is 5.18. The molecule has 1 saturated heterocycles. The lowest BCUT2D eigenvalue weighted by molar-refractivity contribution is -0.142. The molecule has 2 rings (SSSR count). The van der Waals surface area contributed by atoms with Crippen molar-refractivity contribution < 1.29 is 19.7 Å². The quantitative estimate of drug-likeness (QED) is 0.883. The fourth-order valence-corrected chi connectivity index (χ4v) is 2.83. The van der Waals surface area contributed by atoms with Gasteiger partial charge in [-0.25, -0.2) is 0 Å². The van der Waals surface area contributed by atoms with Crippen LogP contribution in [0.4, 0.5) is 0 Å². The van der Waals surface area contributed by atoms with Gasteiger partial charge < -0.3 is 14.9 Å². The largest absolute Gasteiger partial charge is 0.508 e. The van der Waals surface area contributed by atoms with Crippen molar-refractivity contribution >= 4 is 5.97 Å². The zero-order valence-electron chi connectivity index (χ0n) is 12.0. The highest BCUT2D eigenvalue weighted by Gasteiger charge is 2.37. The second-order valence-corrected chi connectivity index (χ2v) is 5.48. The monoisotopic (exact) mass is 279 g/mol. The molecule has 3 atom stereocenters. The summed E-state index contributed by atoms with van der Waals surface area (Å²) in [6, 6.07) is 5.08. The van der Waals surface area contributed by atoms with E-state index in [0.717, 1.165) is 12.1 Å². The number of benzene rings is 1. The standard InChI is InChI=1S/C15H21NO4/c1-9-7-16(8-13(9)15(18)19)10(2)12-6-11(20-3)4-5-14(12)17/h4-6,9-10,13,17H,7-8H2,1-3H3,(H,18,19)/t9-,10?,13-/m1/s1. The molecule has 0 aliphatic carbocycles. The van der Waals surface area contributed by atoms with Gasteiger partial charge in [0.05, 0.1) is 13.0 Å². The number of carboxylic acid groups (broad SMARTS) is 1. The van der Waals surface area contributed by atoms with Gasteiger partial charge in [-0.2, -0.15) is 0 Å². The number of carbonyl (C=O) groups is 1. The number of hydrogen-bond acceptors (Lipinski definition) is 4. The number of likely N-dealkylation sites (tertiary alicyclic amines) is 1. The van der Waals surface area contributed by atoms with Crippen LogP contribution in [0.2, 0.25) is 0 Å². The maximum absolute atomic E-state index is 11.2. The van der Waals surface area contributed by atoms with Crippen LogP contribution in [0.1, 0.15) is 25.5 Å². The minimum Gasteiger partial charge on any atom is -0.508 e. The average Bonchev–Trinajstić information content (AvgIpc) is 2.81. The molecular weight excluding hydrogens is 258 g/mol. The molecule has 1 heterocycles. The number of methoxy groups -OCH3 is 1. The van der Waals surface area contributed by atoms with E-state index in [1.165, 1.54) is 0 Å². The van der Waals surface area contributed by atoms with Crippen LogP contribution >= 0.6 is 0 Å². The summed E-state index contributed by atoms with van der Waals surface area (Å²) in [6.45, 7) is 5.16. The Morgan fingerprint density at radius 1 is 1.45 bits per heavy atom. The van der Waals surface area contributed by atoms with E-state index in [2.05, 4.69) is 4.90 Å². The molecule has 0 bridgehead atoms.